The fraction of sp³-hybridized carbons (Fsp3) is 0.222. The molecule has 2 amide bonds. The number of carbonyl (C=O) groups excluding carboxylic acids is 2. The average Bonchev–Trinajstić information content (AvgIpc) is 3.38. The summed E-state index contributed by atoms with van der Waals surface area (Å²) < 4.78 is 10.9. The molecule has 0 saturated carbocycles. The van der Waals surface area contributed by atoms with Crippen LogP contribution in [0.2, 0.25) is 0 Å². The summed E-state index contributed by atoms with van der Waals surface area (Å²) in [5, 5.41) is 11.0. The third-order valence-electron chi connectivity index (χ3n) is 6.48. The number of methoxy groups -OCH3 is 2. The fourth-order valence-corrected chi connectivity index (χ4v) is 4.78. The SMILES string of the molecule is COc1ccc(N2C(=O)CCC(C(=O)Nc3cccc4cn[nH]c34)C2c2ccccc2OC)cc1. The Morgan fingerprint density at radius 2 is 1.83 bits per heavy atom. The highest BCUT2D eigenvalue weighted by atomic mass is 16.5. The summed E-state index contributed by atoms with van der Waals surface area (Å²) in [6, 6.07) is 19.9. The van der Waals surface area contributed by atoms with E-state index in [2.05, 4.69) is 15.5 Å². The number of hydrogen-bond acceptors (Lipinski definition) is 5. The first-order valence-corrected chi connectivity index (χ1v) is 11.4. The second-order valence-electron chi connectivity index (χ2n) is 8.42. The van der Waals surface area contributed by atoms with Gasteiger partial charge in [-0.25, -0.2) is 0 Å². The minimum Gasteiger partial charge on any atom is -0.497 e. The molecule has 178 valence electrons. The second-order valence-corrected chi connectivity index (χ2v) is 8.42. The quantitative estimate of drug-likeness (QED) is 0.426. The number of fused-ring (bicyclic) bond motifs is 1. The molecule has 1 saturated heterocycles. The highest BCUT2D eigenvalue weighted by Gasteiger charge is 2.42. The maximum Gasteiger partial charge on any atom is 0.230 e. The van der Waals surface area contributed by atoms with Crippen LogP contribution in [0.4, 0.5) is 11.4 Å². The smallest absolute Gasteiger partial charge is 0.230 e. The standard InChI is InChI=1S/C27H26N4O4/c1-34-19-12-10-18(11-13-19)31-24(32)15-14-21(26(31)20-7-3-4-9-23(20)35-2)27(33)29-22-8-5-6-17-16-28-30-25(17)22/h3-13,16,21,26H,14-15H2,1-2H3,(H,28,30)(H,29,33). The zero-order valence-electron chi connectivity index (χ0n) is 19.5. The summed E-state index contributed by atoms with van der Waals surface area (Å²) in [7, 11) is 3.19. The van der Waals surface area contributed by atoms with Gasteiger partial charge in [-0.1, -0.05) is 30.3 Å². The molecule has 8 heteroatoms. The van der Waals surface area contributed by atoms with Crippen molar-refractivity contribution in [3.8, 4) is 11.5 Å². The Labute approximate surface area is 202 Å². The Morgan fingerprint density at radius 3 is 2.60 bits per heavy atom. The Hall–Kier alpha value is -4.33. The van der Waals surface area contributed by atoms with Gasteiger partial charge in [-0.15, -0.1) is 0 Å². The lowest BCUT2D eigenvalue weighted by Gasteiger charge is -2.41. The summed E-state index contributed by atoms with van der Waals surface area (Å²) in [6.45, 7) is 0. The van der Waals surface area contributed by atoms with Crippen LogP contribution in [0, 0.1) is 5.92 Å². The number of amides is 2. The molecule has 1 aromatic heterocycles. The van der Waals surface area contributed by atoms with E-state index in [1.54, 1.807) is 25.3 Å². The molecule has 2 N–H and O–H groups in total. The summed E-state index contributed by atoms with van der Waals surface area (Å²) in [5.74, 6) is 0.581. The fourth-order valence-electron chi connectivity index (χ4n) is 4.78. The monoisotopic (exact) mass is 470 g/mol. The highest BCUT2D eigenvalue weighted by molar-refractivity contribution is 6.04. The van der Waals surface area contributed by atoms with Gasteiger partial charge in [0.25, 0.3) is 0 Å². The van der Waals surface area contributed by atoms with E-state index in [1.165, 1.54) is 0 Å². The molecule has 0 aliphatic carbocycles. The molecule has 1 aliphatic heterocycles. The van der Waals surface area contributed by atoms with Gasteiger partial charge in [-0.2, -0.15) is 5.10 Å². The number of hydrogen-bond donors (Lipinski definition) is 2. The zero-order valence-corrected chi connectivity index (χ0v) is 19.5. The molecule has 1 fully saturated rings. The van der Waals surface area contributed by atoms with E-state index in [9.17, 15) is 9.59 Å². The van der Waals surface area contributed by atoms with Crippen molar-refractivity contribution < 1.29 is 19.1 Å². The Balaban J connectivity index is 1.57. The number of piperidine rings is 1. The van der Waals surface area contributed by atoms with Gasteiger partial charge in [-0.3, -0.25) is 14.7 Å². The number of anilines is 2. The van der Waals surface area contributed by atoms with E-state index in [0.717, 1.165) is 16.5 Å². The summed E-state index contributed by atoms with van der Waals surface area (Å²) in [4.78, 5) is 28.8. The van der Waals surface area contributed by atoms with E-state index in [1.807, 2.05) is 66.7 Å². The number of rotatable bonds is 6. The third kappa shape index (κ3) is 4.19. The number of aromatic nitrogens is 2. The number of benzene rings is 3. The van der Waals surface area contributed by atoms with Crippen LogP contribution >= 0.6 is 0 Å². The first-order valence-electron chi connectivity index (χ1n) is 11.4. The number of H-pyrrole nitrogens is 1. The van der Waals surface area contributed by atoms with Crippen LogP contribution in [0.15, 0.2) is 72.9 Å². The number of carbonyl (C=O) groups is 2. The molecule has 3 aromatic carbocycles. The number of aromatic amines is 1. The van der Waals surface area contributed by atoms with Gasteiger partial charge in [0.2, 0.25) is 11.8 Å². The van der Waals surface area contributed by atoms with Crippen LogP contribution in [-0.2, 0) is 9.59 Å². The number of para-hydroxylation sites is 2. The van der Waals surface area contributed by atoms with Gasteiger partial charge < -0.3 is 19.7 Å². The van der Waals surface area contributed by atoms with Crippen molar-refractivity contribution in [2.24, 2.45) is 5.92 Å². The molecule has 1 aliphatic rings. The Kier molecular flexibility index (Phi) is 6.10. The van der Waals surface area contributed by atoms with Crippen LogP contribution in [0.25, 0.3) is 10.9 Å². The average molecular weight is 471 g/mol. The minimum atomic E-state index is -0.554. The first kappa shape index (κ1) is 22.5. The molecule has 0 radical (unpaired) electrons. The lowest BCUT2D eigenvalue weighted by Crippen LogP contribution is -2.47. The lowest BCUT2D eigenvalue weighted by atomic mass is 9.82. The molecular formula is C27H26N4O4. The van der Waals surface area contributed by atoms with Crippen LogP contribution in [0.1, 0.15) is 24.4 Å². The highest BCUT2D eigenvalue weighted by Crippen LogP contribution is 2.43. The largest absolute Gasteiger partial charge is 0.497 e. The van der Waals surface area contributed by atoms with Gasteiger partial charge in [0.05, 0.1) is 43.6 Å². The molecule has 2 unspecified atom stereocenters. The van der Waals surface area contributed by atoms with Crippen LogP contribution < -0.4 is 19.7 Å². The number of nitrogens with zero attached hydrogens (tertiary/aromatic N) is 2. The van der Waals surface area contributed by atoms with Gasteiger partial charge in [-0.05, 0) is 42.8 Å². The van der Waals surface area contributed by atoms with Crippen molar-refractivity contribution in [1.82, 2.24) is 10.2 Å². The number of ether oxygens (including phenoxy) is 2. The van der Waals surface area contributed by atoms with Crippen molar-refractivity contribution in [2.75, 3.05) is 24.4 Å². The third-order valence-corrected chi connectivity index (χ3v) is 6.48. The number of nitrogens with one attached hydrogen (secondary N) is 2. The maximum absolute atomic E-state index is 13.8. The molecule has 0 bridgehead atoms. The maximum atomic E-state index is 13.8. The van der Waals surface area contributed by atoms with Gasteiger partial charge >= 0.3 is 0 Å². The Bertz CT molecular complexity index is 1370. The summed E-state index contributed by atoms with van der Waals surface area (Å²) in [5.41, 5.74) is 2.88. The topological polar surface area (TPSA) is 96.5 Å². The zero-order chi connectivity index (χ0) is 24.4. The molecule has 5 rings (SSSR count). The van der Waals surface area contributed by atoms with Crippen LogP contribution in [0.5, 0.6) is 11.5 Å². The van der Waals surface area contributed by atoms with Crippen molar-refractivity contribution in [1.29, 1.82) is 0 Å². The van der Waals surface area contributed by atoms with E-state index < -0.39 is 12.0 Å². The van der Waals surface area contributed by atoms with Crippen molar-refractivity contribution in [3.05, 3.63) is 78.5 Å². The minimum absolute atomic E-state index is 0.0502. The first-order chi connectivity index (χ1) is 17.1. The molecule has 4 aromatic rings. The van der Waals surface area contributed by atoms with Gasteiger partial charge in [0.15, 0.2) is 0 Å². The van der Waals surface area contributed by atoms with E-state index >= 15 is 0 Å². The predicted molar refractivity (Wildman–Crippen MR) is 134 cm³/mol. The van der Waals surface area contributed by atoms with E-state index in [4.69, 9.17) is 9.47 Å². The van der Waals surface area contributed by atoms with E-state index in [0.29, 0.717) is 29.3 Å². The molecular weight excluding hydrogens is 444 g/mol. The normalized spacial score (nSPS) is 17.9. The summed E-state index contributed by atoms with van der Waals surface area (Å²) in [6.07, 6.45) is 2.39. The van der Waals surface area contributed by atoms with Crippen molar-refractivity contribution in [3.63, 3.8) is 0 Å². The van der Waals surface area contributed by atoms with Gasteiger partial charge in [0.1, 0.15) is 11.5 Å². The van der Waals surface area contributed by atoms with Crippen molar-refractivity contribution in [2.45, 2.75) is 18.9 Å². The molecule has 0 spiro atoms. The Morgan fingerprint density at radius 1 is 1.03 bits per heavy atom. The van der Waals surface area contributed by atoms with Gasteiger partial charge in [0, 0.05) is 23.1 Å². The van der Waals surface area contributed by atoms with Crippen LogP contribution in [0.3, 0.4) is 0 Å². The molecule has 35 heavy (non-hydrogen) atoms. The van der Waals surface area contributed by atoms with Crippen molar-refractivity contribution >= 4 is 34.1 Å². The predicted octanol–water partition coefficient (Wildman–Crippen LogP) is 4.70. The van der Waals surface area contributed by atoms with E-state index in [-0.39, 0.29) is 18.2 Å². The summed E-state index contributed by atoms with van der Waals surface area (Å²) >= 11 is 0. The molecule has 2 heterocycles. The molecule has 8 nitrogen and oxygen atoms in total. The van der Waals surface area contributed by atoms with Crippen LogP contribution in [-0.4, -0.2) is 36.2 Å². The lowest BCUT2D eigenvalue weighted by molar-refractivity contribution is -0.125. The molecule has 2 atom stereocenters. The second kappa shape index (κ2) is 9.50.